The first-order valence-corrected chi connectivity index (χ1v) is 27.2. The predicted molar refractivity (Wildman–Crippen MR) is 252 cm³/mol. The van der Waals surface area contributed by atoms with Gasteiger partial charge in [0.25, 0.3) is 0 Å². The molecule has 332 valence electrons. The van der Waals surface area contributed by atoms with Crippen LogP contribution in [0.5, 0.6) is 0 Å². The minimum atomic E-state index is -2.35. The molecule has 0 aliphatic carbocycles. The Hall–Kier alpha value is -4.11. The van der Waals surface area contributed by atoms with Gasteiger partial charge in [0.2, 0.25) is 0 Å². The van der Waals surface area contributed by atoms with Crippen LogP contribution in [0.1, 0.15) is 92.2 Å². The highest BCUT2D eigenvalue weighted by atomic mass is 28.4. The van der Waals surface area contributed by atoms with Crippen LogP contribution in [0.25, 0.3) is 11.1 Å². The van der Waals surface area contributed by atoms with Crippen molar-refractivity contribution in [2.75, 3.05) is 18.1 Å². The van der Waals surface area contributed by atoms with Gasteiger partial charge in [-0.25, -0.2) is 0 Å². The Bertz CT molecular complexity index is 1770. The third kappa shape index (κ3) is 17.7. The Labute approximate surface area is 368 Å². The fourth-order valence-corrected chi connectivity index (χ4v) is 13.7. The maximum Gasteiger partial charge on any atom is 0.335 e. The molecule has 0 radical (unpaired) electrons. The number of esters is 2. The maximum atomic E-state index is 12.7. The molecule has 0 aliphatic heterocycles. The Kier molecular flexibility index (Phi) is 19.9. The SMILES string of the molecule is CC(C)O[Si](C)(CCCOC(=O)CCc1ccc(N(c2ccc(CCC(=O)OCCC[Si](C)(OC(C)C)OC(C)C)cc2)c2ccc(-c3ccccc3)cc2)cc1)OC(C)C. The summed E-state index contributed by atoms with van der Waals surface area (Å²) in [6, 6.07) is 37.2. The van der Waals surface area contributed by atoms with Gasteiger partial charge in [0.05, 0.1) is 13.2 Å². The molecule has 0 saturated heterocycles. The molecule has 0 N–H and O–H groups in total. The van der Waals surface area contributed by atoms with E-state index >= 15 is 0 Å². The molecule has 0 bridgehead atoms. The second-order valence-corrected chi connectivity index (χ2v) is 23.6. The summed E-state index contributed by atoms with van der Waals surface area (Å²) in [6.45, 7) is 21.1. The van der Waals surface area contributed by atoms with E-state index in [9.17, 15) is 9.59 Å². The van der Waals surface area contributed by atoms with E-state index in [-0.39, 0.29) is 36.4 Å². The van der Waals surface area contributed by atoms with Gasteiger partial charge in [-0.2, -0.15) is 0 Å². The normalized spacial score (nSPS) is 12.1. The molecule has 0 aliphatic rings. The second-order valence-electron chi connectivity index (χ2n) is 17.2. The number of nitrogens with zero attached hydrogens (tertiary/aromatic N) is 1. The maximum absolute atomic E-state index is 12.7. The van der Waals surface area contributed by atoms with Gasteiger partial charge in [-0.15, -0.1) is 0 Å². The summed E-state index contributed by atoms with van der Waals surface area (Å²) in [7, 11) is -4.69. The first-order valence-electron chi connectivity index (χ1n) is 22.2. The highest BCUT2D eigenvalue weighted by molar-refractivity contribution is 6.66. The lowest BCUT2D eigenvalue weighted by molar-refractivity contribution is -0.144. The van der Waals surface area contributed by atoms with Crippen molar-refractivity contribution in [3.63, 3.8) is 0 Å². The lowest BCUT2D eigenvalue weighted by atomic mass is 10.0. The summed E-state index contributed by atoms with van der Waals surface area (Å²) in [5.41, 5.74) is 7.41. The van der Waals surface area contributed by atoms with Crippen LogP contribution in [-0.4, -0.2) is 66.7 Å². The van der Waals surface area contributed by atoms with Crippen LogP contribution in [0.15, 0.2) is 103 Å². The molecule has 4 aromatic rings. The molecule has 0 heterocycles. The van der Waals surface area contributed by atoms with E-state index in [1.165, 1.54) is 0 Å². The van der Waals surface area contributed by atoms with Crippen LogP contribution in [0.4, 0.5) is 17.1 Å². The van der Waals surface area contributed by atoms with Gasteiger partial charge >= 0.3 is 29.1 Å². The van der Waals surface area contributed by atoms with Gasteiger partial charge < -0.3 is 32.1 Å². The number of rotatable bonds is 26. The van der Waals surface area contributed by atoms with E-state index in [1.54, 1.807) is 0 Å². The number of anilines is 3. The molecule has 0 amide bonds. The fourth-order valence-electron chi connectivity index (χ4n) is 7.59. The quantitative estimate of drug-likeness (QED) is 0.0347. The smallest absolute Gasteiger partial charge is 0.335 e. The summed E-state index contributed by atoms with van der Waals surface area (Å²) in [4.78, 5) is 27.7. The van der Waals surface area contributed by atoms with E-state index in [1.807, 2.05) is 73.6 Å². The Morgan fingerprint density at radius 1 is 0.475 bits per heavy atom. The topological polar surface area (TPSA) is 92.8 Å². The van der Waals surface area contributed by atoms with Crippen molar-refractivity contribution >= 4 is 46.1 Å². The summed E-state index contributed by atoms with van der Waals surface area (Å²) < 4.78 is 35.9. The standard InChI is InChI=1S/C50H71NO8Si2/c1-38(2)56-60(9,57-39(3)4)36-14-34-54-49(52)32-22-42-18-26-46(27-19-42)51(48-30-24-45(25-31-48)44-16-12-11-13-17-44)47-28-20-43(21-29-47)23-33-50(53)55-35-15-37-61(10,58-40(5)6)59-41(7)8/h11-13,16-21,24-31,38-41H,14-15,22-23,32-37H2,1-10H3. The van der Waals surface area contributed by atoms with E-state index in [0.717, 1.165) is 51.4 Å². The molecule has 61 heavy (non-hydrogen) atoms. The Balaban J connectivity index is 1.37. The zero-order chi connectivity index (χ0) is 44.4. The molecule has 4 aromatic carbocycles. The largest absolute Gasteiger partial charge is 0.466 e. The predicted octanol–water partition coefficient (Wildman–Crippen LogP) is 12.4. The Morgan fingerprint density at radius 3 is 1.15 bits per heavy atom. The number of carbonyl (C=O) groups is 2. The van der Waals surface area contributed by atoms with Gasteiger partial charge in [0, 0.05) is 54.3 Å². The molecule has 0 unspecified atom stereocenters. The van der Waals surface area contributed by atoms with Crippen molar-refractivity contribution in [2.24, 2.45) is 0 Å². The molecular formula is C50H71NO8Si2. The number of hydrogen-bond acceptors (Lipinski definition) is 9. The van der Waals surface area contributed by atoms with E-state index < -0.39 is 17.1 Å². The molecule has 11 heteroatoms. The molecule has 0 aromatic heterocycles. The van der Waals surface area contributed by atoms with Gasteiger partial charge in [-0.05, 0) is 165 Å². The fraction of sp³-hybridized carbons (Fsp3) is 0.480. The summed E-state index contributed by atoms with van der Waals surface area (Å²) in [6.07, 6.45) is 3.57. The van der Waals surface area contributed by atoms with Crippen molar-refractivity contribution < 1.29 is 36.8 Å². The zero-order valence-corrected chi connectivity index (χ0v) is 40.4. The molecule has 0 fully saturated rings. The minimum absolute atomic E-state index is 0.0905. The van der Waals surface area contributed by atoms with E-state index in [4.69, 9.17) is 27.2 Å². The third-order valence-corrected chi connectivity index (χ3v) is 16.3. The first-order chi connectivity index (χ1) is 29.0. The molecule has 0 saturated carbocycles. The van der Waals surface area contributed by atoms with Crippen LogP contribution in [0, 0.1) is 0 Å². The van der Waals surface area contributed by atoms with Crippen LogP contribution in [0.3, 0.4) is 0 Å². The summed E-state index contributed by atoms with van der Waals surface area (Å²) >= 11 is 0. The highest BCUT2D eigenvalue weighted by Gasteiger charge is 2.34. The molecule has 9 nitrogen and oxygen atoms in total. The van der Waals surface area contributed by atoms with Gasteiger partial charge in [-0.1, -0.05) is 66.7 Å². The lowest BCUT2D eigenvalue weighted by Gasteiger charge is -2.31. The van der Waals surface area contributed by atoms with Crippen molar-refractivity contribution in [3.05, 3.63) is 114 Å². The second kappa shape index (κ2) is 24.5. The van der Waals surface area contributed by atoms with E-state index in [0.29, 0.717) is 51.7 Å². The van der Waals surface area contributed by atoms with Crippen LogP contribution < -0.4 is 4.90 Å². The number of carbonyl (C=O) groups excluding carboxylic acids is 2. The number of aryl methyl sites for hydroxylation is 2. The summed E-state index contributed by atoms with van der Waals surface area (Å²) in [5.74, 6) is -0.409. The zero-order valence-electron chi connectivity index (χ0n) is 38.4. The Morgan fingerprint density at radius 2 is 0.803 bits per heavy atom. The van der Waals surface area contributed by atoms with Crippen LogP contribution >= 0.6 is 0 Å². The van der Waals surface area contributed by atoms with Gasteiger partial charge in [0.1, 0.15) is 0 Å². The van der Waals surface area contributed by atoms with E-state index in [2.05, 4.69) is 103 Å². The number of ether oxygens (including phenoxy) is 2. The average molecular weight is 870 g/mol. The van der Waals surface area contributed by atoms with Crippen LogP contribution in [0.2, 0.25) is 25.2 Å². The van der Waals surface area contributed by atoms with Crippen molar-refractivity contribution in [1.82, 2.24) is 0 Å². The van der Waals surface area contributed by atoms with Gasteiger partial charge in [0.15, 0.2) is 0 Å². The van der Waals surface area contributed by atoms with Gasteiger partial charge in [-0.3, -0.25) is 9.59 Å². The van der Waals surface area contributed by atoms with Crippen molar-refractivity contribution in [2.45, 2.75) is 144 Å². The third-order valence-electron chi connectivity index (χ3n) is 9.87. The first kappa shape index (κ1) is 49.5. The minimum Gasteiger partial charge on any atom is -0.466 e. The molecule has 0 spiro atoms. The monoisotopic (exact) mass is 869 g/mol. The van der Waals surface area contributed by atoms with Crippen LogP contribution in [-0.2, 0) is 49.6 Å². The highest BCUT2D eigenvalue weighted by Crippen LogP contribution is 2.36. The average Bonchev–Trinajstić information content (AvgIpc) is 3.20. The number of hydrogen-bond donors (Lipinski definition) is 0. The van der Waals surface area contributed by atoms with Crippen molar-refractivity contribution in [3.8, 4) is 11.1 Å². The molecule has 0 atom stereocenters. The lowest BCUT2D eigenvalue weighted by Crippen LogP contribution is -2.43. The molecule has 4 rings (SSSR count). The molecular weight excluding hydrogens is 799 g/mol. The number of benzene rings is 4. The van der Waals surface area contributed by atoms with Crippen molar-refractivity contribution in [1.29, 1.82) is 0 Å². The summed E-state index contributed by atoms with van der Waals surface area (Å²) in [5, 5.41) is 0.